The van der Waals surface area contributed by atoms with Gasteiger partial charge in [0.25, 0.3) is 0 Å². The van der Waals surface area contributed by atoms with E-state index in [1.54, 1.807) is 11.8 Å². The summed E-state index contributed by atoms with van der Waals surface area (Å²) in [5.41, 5.74) is 6.35. The fraction of sp³-hybridized carbons (Fsp3) is 0.556. The first-order chi connectivity index (χ1) is 7.31. The van der Waals surface area contributed by atoms with Gasteiger partial charge in [0.1, 0.15) is 0 Å². The third-order valence-corrected chi connectivity index (χ3v) is 3.21. The van der Waals surface area contributed by atoms with Crippen LogP contribution in [-0.2, 0) is 4.79 Å². The average molecular weight is 226 g/mol. The van der Waals surface area contributed by atoms with Crippen molar-refractivity contribution < 1.29 is 4.79 Å². The van der Waals surface area contributed by atoms with Gasteiger partial charge in [0.15, 0.2) is 5.17 Å². The third kappa shape index (κ3) is 2.32. The van der Waals surface area contributed by atoms with Crippen LogP contribution in [0.3, 0.4) is 0 Å². The van der Waals surface area contributed by atoms with Crippen molar-refractivity contribution in [2.75, 3.05) is 26.2 Å². The van der Waals surface area contributed by atoms with E-state index in [4.69, 9.17) is 5.73 Å². The van der Waals surface area contributed by atoms with Crippen LogP contribution in [0.15, 0.2) is 16.1 Å². The lowest BCUT2D eigenvalue weighted by Gasteiger charge is -2.15. The Kier molecular flexibility index (Phi) is 3.27. The van der Waals surface area contributed by atoms with Gasteiger partial charge in [0, 0.05) is 25.3 Å². The maximum Gasteiger partial charge on any atom is 0.226 e. The minimum absolute atomic E-state index is 0.0282. The summed E-state index contributed by atoms with van der Waals surface area (Å²) < 4.78 is 0. The molecule has 1 amide bonds. The number of amidine groups is 1. The van der Waals surface area contributed by atoms with E-state index >= 15 is 0 Å². The molecule has 2 rings (SSSR count). The van der Waals surface area contributed by atoms with Crippen LogP contribution >= 0.6 is 11.8 Å². The number of nitrogens with one attached hydrogen (secondary N) is 1. The molecular weight excluding hydrogens is 212 g/mol. The van der Waals surface area contributed by atoms with Crippen molar-refractivity contribution in [3.63, 3.8) is 0 Å². The Morgan fingerprint density at radius 3 is 3.40 bits per heavy atom. The topological polar surface area (TPSA) is 70.7 Å². The summed E-state index contributed by atoms with van der Waals surface area (Å²) in [5, 5.41) is 5.78. The number of aliphatic imine (C=N–C) groups is 1. The summed E-state index contributed by atoms with van der Waals surface area (Å²) >= 11 is 1.60. The standard InChI is InChI=1S/C9H14N4OS/c10-1-2-11-8(14)5-7-6-15-9-12-3-4-13(7)9/h6H,1-5,10H2,(H,11,14). The van der Waals surface area contributed by atoms with Crippen molar-refractivity contribution in [2.24, 2.45) is 10.7 Å². The van der Waals surface area contributed by atoms with Crippen LogP contribution in [0.4, 0.5) is 0 Å². The summed E-state index contributed by atoms with van der Waals surface area (Å²) in [6.45, 7) is 2.76. The number of carbonyl (C=O) groups is 1. The Morgan fingerprint density at radius 1 is 1.73 bits per heavy atom. The molecule has 0 unspecified atom stereocenters. The van der Waals surface area contributed by atoms with Gasteiger partial charge in [0.2, 0.25) is 5.91 Å². The van der Waals surface area contributed by atoms with Crippen LogP contribution in [0.25, 0.3) is 0 Å². The van der Waals surface area contributed by atoms with Crippen molar-refractivity contribution in [3.8, 4) is 0 Å². The maximum absolute atomic E-state index is 11.5. The predicted molar refractivity (Wildman–Crippen MR) is 61.4 cm³/mol. The smallest absolute Gasteiger partial charge is 0.226 e. The SMILES string of the molecule is NCCNC(=O)CC1=CSC2=NCCN12. The summed E-state index contributed by atoms with van der Waals surface area (Å²) in [7, 11) is 0. The molecule has 5 nitrogen and oxygen atoms in total. The van der Waals surface area contributed by atoms with Crippen LogP contribution < -0.4 is 11.1 Å². The lowest BCUT2D eigenvalue weighted by Crippen LogP contribution is -2.31. The first-order valence-electron chi connectivity index (χ1n) is 4.95. The normalized spacial score (nSPS) is 18.6. The number of carbonyl (C=O) groups excluding carboxylic acids is 1. The number of hydrogen-bond acceptors (Lipinski definition) is 5. The second kappa shape index (κ2) is 4.67. The van der Waals surface area contributed by atoms with Gasteiger partial charge in [-0.25, -0.2) is 0 Å². The Balaban J connectivity index is 1.85. The van der Waals surface area contributed by atoms with Crippen LogP contribution in [-0.4, -0.2) is 42.2 Å². The van der Waals surface area contributed by atoms with E-state index < -0.39 is 0 Å². The van der Waals surface area contributed by atoms with Gasteiger partial charge in [-0.1, -0.05) is 11.8 Å². The molecule has 0 radical (unpaired) electrons. The Bertz CT molecular complexity index is 326. The molecule has 0 bridgehead atoms. The van der Waals surface area contributed by atoms with Crippen molar-refractivity contribution in [3.05, 3.63) is 11.1 Å². The average Bonchev–Trinajstić information content (AvgIpc) is 2.80. The molecular formula is C9H14N4OS. The minimum Gasteiger partial charge on any atom is -0.354 e. The molecule has 0 spiro atoms. The van der Waals surface area contributed by atoms with Crippen molar-refractivity contribution in [1.29, 1.82) is 0 Å². The zero-order valence-corrected chi connectivity index (χ0v) is 9.22. The highest BCUT2D eigenvalue weighted by atomic mass is 32.2. The molecule has 0 atom stereocenters. The molecule has 0 saturated heterocycles. The van der Waals surface area contributed by atoms with Gasteiger partial charge < -0.3 is 16.0 Å². The predicted octanol–water partition coefficient (Wildman–Crippen LogP) is -0.289. The van der Waals surface area contributed by atoms with Gasteiger partial charge in [-0.05, 0) is 5.41 Å². The molecule has 82 valence electrons. The molecule has 6 heteroatoms. The summed E-state index contributed by atoms with van der Waals surface area (Å²) in [6, 6.07) is 0. The molecule has 0 aromatic carbocycles. The van der Waals surface area contributed by atoms with Gasteiger partial charge in [-0.3, -0.25) is 9.79 Å². The highest BCUT2D eigenvalue weighted by molar-refractivity contribution is 8.16. The van der Waals surface area contributed by atoms with Crippen molar-refractivity contribution in [1.82, 2.24) is 10.2 Å². The lowest BCUT2D eigenvalue weighted by atomic mass is 10.3. The van der Waals surface area contributed by atoms with Crippen LogP contribution in [0, 0.1) is 0 Å². The number of fused-ring (bicyclic) bond motifs is 1. The second-order valence-corrected chi connectivity index (χ2v) is 4.19. The zero-order valence-electron chi connectivity index (χ0n) is 8.40. The maximum atomic E-state index is 11.5. The Morgan fingerprint density at radius 2 is 2.60 bits per heavy atom. The van der Waals surface area contributed by atoms with Gasteiger partial charge >= 0.3 is 0 Å². The fourth-order valence-electron chi connectivity index (χ4n) is 1.55. The summed E-state index contributed by atoms with van der Waals surface area (Å²) in [6.07, 6.45) is 0.423. The molecule has 0 aliphatic carbocycles. The third-order valence-electron chi connectivity index (χ3n) is 2.26. The monoisotopic (exact) mass is 226 g/mol. The van der Waals surface area contributed by atoms with Crippen LogP contribution in [0.2, 0.25) is 0 Å². The second-order valence-electron chi connectivity index (χ2n) is 3.36. The molecule has 0 aromatic rings. The van der Waals surface area contributed by atoms with Gasteiger partial charge in [-0.2, -0.15) is 0 Å². The number of nitrogens with zero attached hydrogens (tertiary/aromatic N) is 2. The molecule has 2 aliphatic heterocycles. The number of amides is 1. The van der Waals surface area contributed by atoms with E-state index in [0.717, 1.165) is 24.0 Å². The van der Waals surface area contributed by atoms with Gasteiger partial charge in [0.05, 0.1) is 13.0 Å². The first-order valence-corrected chi connectivity index (χ1v) is 5.83. The number of hydrogen-bond donors (Lipinski definition) is 2. The number of rotatable bonds is 4. The molecule has 0 aromatic heterocycles. The zero-order chi connectivity index (χ0) is 10.7. The van der Waals surface area contributed by atoms with E-state index in [0.29, 0.717) is 19.5 Å². The highest BCUT2D eigenvalue weighted by Crippen LogP contribution is 2.30. The van der Waals surface area contributed by atoms with Crippen LogP contribution in [0.1, 0.15) is 6.42 Å². The van der Waals surface area contributed by atoms with E-state index in [2.05, 4.69) is 15.2 Å². The molecule has 2 heterocycles. The number of thioether (sulfide) groups is 1. The number of nitrogens with two attached hydrogens (primary N) is 1. The quantitative estimate of drug-likeness (QED) is 0.691. The fourth-order valence-corrected chi connectivity index (χ4v) is 2.51. The molecule has 0 fully saturated rings. The largest absolute Gasteiger partial charge is 0.354 e. The van der Waals surface area contributed by atoms with E-state index in [1.165, 1.54) is 0 Å². The Hall–Kier alpha value is -1.01. The molecule has 15 heavy (non-hydrogen) atoms. The Labute approximate surface area is 92.8 Å². The summed E-state index contributed by atoms with van der Waals surface area (Å²) in [4.78, 5) is 17.9. The first kappa shape index (κ1) is 10.5. The molecule has 2 aliphatic rings. The van der Waals surface area contributed by atoms with Crippen molar-refractivity contribution in [2.45, 2.75) is 6.42 Å². The summed E-state index contributed by atoms with van der Waals surface area (Å²) in [5.74, 6) is 0.0282. The van der Waals surface area contributed by atoms with Crippen LogP contribution in [0.5, 0.6) is 0 Å². The van der Waals surface area contributed by atoms with Gasteiger partial charge in [-0.15, -0.1) is 0 Å². The van der Waals surface area contributed by atoms with Crippen molar-refractivity contribution >= 4 is 22.8 Å². The van der Waals surface area contributed by atoms with E-state index in [9.17, 15) is 4.79 Å². The molecule has 0 saturated carbocycles. The van der Waals surface area contributed by atoms with E-state index in [1.807, 2.05) is 5.41 Å². The molecule has 3 N–H and O–H groups in total. The highest BCUT2D eigenvalue weighted by Gasteiger charge is 2.27. The minimum atomic E-state index is 0.0282. The lowest BCUT2D eigenvalue weighted by molar-refractivity contribution is -0.120. The van der Waals surface area contributed by atoms with E-state index in [-0.39, 0.29) is 5.91 Å².